The molecule has 1 amide bonds. The van der Waals surface area contributed by atoms with Crippen molar-refractivity contribution in [3.8, 4) is 0 Å². The van der Waals surface area contributed by atoms with Crippen LogP contribution in [0, 0.1) is 0 Å². The second-order valence-corrected chi connectivity index (χ2v) is 7.24. The lowest BCUT2D eigenvalue weighted by Gasteiger charge is -2.34. The van der Waals surface area contributed by atoms with Gasteiger partial charge in [-0.2, -0.15) is 18.3 Å². The Hall–Kier alpha value is -2.07. The molecule has 2 atom stereocenters. The van der Waals surface area contributed by atoms with E-state index in [0.29, 0.717) is 26.3 Å². The number of hydrogen-bond acceptors (Lipinski definition) is 5. The van der Waals surface area contributed by atoms with E-state index in [1.54, 1.807) is 17.0 Å². The number of nitrogens with one attached hydrogen (secondary N) is 1. The number of anilines is 1. The van der Waals surface area contributed by atoms with Gasteiger partial charge in [-0.15, -0.1) is 11.3 Å². The highest BCUT2D eigenvalue weighted by Crippen LogP contribution is 2.45. The third-order valence-electron chi connectivity index (χ3n) is 4.65. The van der Waals surface area contributed by atoms with Crippen LogP contribution in [0.2, 0.25) is 0 Å². The van der Waals surface area contributed by atoms with E-state index in [2.05, 4.69) is 10.4 Å². The average molecular weight is 386 g/mol. The van der Waals surface area contributed by atoms with Gasteiger partial charge in [-0.25, -0.2) is 4.68 Å². The third-order valence-corrected chi connectivity index (χ3v) is 5.64. The molecular weight excluding hydrogens is 369 g/mol. The fourth-order valence-corrected chi connectivity index (χ4v) is 4.12. The Labute approximate surface area is 151 Å². The zero-order valence-electron chi connectivity index (χ0n) is 13.7. The van der Waals surface area contributed by atoms with E-state index in [-0.39, 0.29) is 23.7 Å². The minimum absolute atomic E-state index is 0.133. The number of ether oxygens (including phenoxy) is 1. The number of nitrogens with zero attached hydrogens (tertiary/aromatic N) is 3. The summed E-state index contributed by atoms with van der Waals surface area (Å²) in [6.45, 7) is 1.68. The van der Waals surface area contributed by atoms with E-state index in [1.165, 1.54) is 17.5 Å². The summed E-state index contributed by atoms with van der Waals surface area (Å²) in [4.78, 5) is 15.2. The second kappa shape index (κ2) is 6.58. The minimum Gasteiger partial charge on any atom is -0.378 e. The normalized spacial score (nSPS) is 23.4. The van der Waals surface area contributed by atoms with Crippen molar-refractivity contribution in [1.29, 1.82) is 0 Å². The summed E-state index contributed by atoms with van der Waals surface area (Å²) in [6.07, 6.45) is -3.38. The number of thiophene rings is 1. The van der Waals surface area contributed by atoms with Crippen molar-refractivity contribution in [3.63, 3.8) is 0 Å². The van der Waals surface area contributed by atoms with Crippen LogP contribution < -0.4 is 5.32 Å². The van der Waals surface area contributed by atoms with Crippen LogP contribution in [0.15, 0.2) is 23.7 Å². The lowest BCUT2D eigenvalue weighted by molar-refractivity contribution is -0.173. The fourth-order valence-electron chi connectivity index (χ4n) is 3.33. The predicted octanol–water partition coefficient (Wildman–Crippen LogP) is 3.08. The topological polar surface area (TPSA) is 59.4 Å². The first-order valence-electron chi connectivity index (χ1n) is 8.26. The van der Waals surface area contributed by atoms with Crippen LogP contribution in [0.25, 0.3) is 0 Å². The quantitative estimate of drug-likeness (QED) is 0.862. The number of carbonyl (C=O) groups excluding carboxylic acids is 1. The maximum Gasteiger partial charge on any atom is 0.410 e. The van der Waals surface area contributed by atoms with Gasteiger partial charge in [-0.3, -0.25) is 4.79 Å². The Morgan fingerprint density at radius 1 is 1.35 bits per heavy atom. The van der Waals surface area contributed by atoms with Gasteiger partial charge in [0.15, 0.2) is 6.04 Å². The number of aromatic nitrogens is 2. The summed E-state index contributed by atoms with van der Waals surface area (Å²) in [5.74, 6) is -0.191. The van der Waals surface area contributed by atoms with E-state index in [0.717, 1.165) is 9.56 Å². The smallest absolute Gasteiger partial charge is 0.378 e. The summed E-state index contributed by atoms with van der Waals surface area (Å²) in [7, 11) is 0. The van der Waals surface area contributed by atoms with Crippen molar-refractivity contribution < 1.29 is 22.7 Å². The molecule has 2 aromatic heterocycles. The van der Waals surface area contributed by atoms with E-state index in [9.17, 15) is 18.0 Å². The summed E-state index contributed by atoms with van der Waals surface area (Å²) < 4.78 is 46.9. The standard InChI is InChI=1S/C16H17F3N4O2S/c17-16(18,19)13-8-11(12-2-1-7-26-12)21-14-10(9-20-23(13)14)15(24)22-3-5-25-6-4-22/h1-2,7,9,11,13,21H,3-6,8H2/t11-,13+/m1/s1. The average Bonchev–Trinajstić information content (AvgIpc) is 3.30. The number of rotatable bonds is 2. The Morgan fingerprint density at radius 2 is 2.12 bits per heavy atom. The molecule has 4 heterocycles. The van der Waals surface area contributed by atoms with E-state index in [1.807, 2.05) is 5.38 Å². The number of hydrogen-bond donors (Lipinski definition) is 1. The molecule has 0 saturated carbocycles. The predicted molar refractivity (Wildman–Crippen MR) is 89.3 cm³/mol. The van der Waals surface area contributed by atoms with E-state index in [4.69, 9.17) is 4.74 Å². The van der Waals surface area contributed by atoms with Crippen LogP contribution in [0.5, 0.6) is 0 Å². The molecule has 0 aliphatic carbocycles. The molecule has 1 N–H and O–H groups in total. The summed E-state index contributed by atoms with van der Waals surface area (Å²) in [5, 5.41) is 8.82. The van der Waals surface area contributed by atoms with Crippen molar-refractivity contribution >= 4 is 23.1 Å². The zero-order valence-corrected chi connectivity index (χ0v) is 14.5. The highest BCUT2D eigenvalue weighted by atomic mass is 32.1. The Morgan fingerprint density at radius 3 is 2.77 bits per heavy atom. The summed E-state index contributed by atoms with van der Waals surface area (Å²) >= 11 is 1.39. The first-order valence-corrected chi connectivity index (χ1v) is 9.14. The van der Waals surface area contributed by atoms with Gasteiger partial charge in [-0.1, -0.05) is 6.07 Å². The van der Waals surface area contributed by atoms with E-state index < -0.39 is 18.3 Å². The molecule has 10 heteroatoms. The van der Waals surface area contributed by atoms with Crippen LogP contribution in [0.1, 0.15) is 33.7 Å². The molecule has 2 aliphatic heterocycles. The van der Waals surface area contributed by atoms with Gasteiger partial charge in [0.1, 0.15) is 11.4 Å². The molecule has 6 nitrogen and oxygen atoms in total. The Kier molecular flexibility index (Phi) is 4.39. The number of alkyl halides is 3. The number of carbonyl (C=O) groups is 1. The van der Waals surface area contributed by atoms with Crippen molar-refractivity contribution in [2.45, 2.75) is 24.7 Å². The number of morpholine rings is 1. The lowest BCUT2D eigenvalue weighted by Crippen LogP contribution is -2.41. The highest BCUT2D eigenvalue weighted by molar-refractivity contribution is 7.10. The largest absolute Gasteiger partial charge is 0.410 e. The van der Waals surface area contributed by atoms with Crippen molar-refractivity contribution in [1.82, 2.24) is 14.7 Å². The number of fused-ring (bicyclic) bond motifs is 1. The number of amides is 1. The third kappa shape index (κ3) is 3.07. The molecule has 0 bridgehead atoms. The van der Waals surface area contributed by atoms with Crippen LogP contribution in [0.4, 0.5) is 19.0 Å². The van der Waals surface area contributed by atoms with E-state index >= 15 is 0 Å². The van der Waals surface area contributed by atoms with Gasteiger partial charge in [0.2, 0.25) is 0 Å². The monoisotopic (exact) mass is 386 g/mol. The van der Waals surface area contributed by atoms with Crippen LogP contribution in [0.3, 0.4) is 0 Å². The second-order valence-electron chi connectivity index (χ2n) is 6.26. The number of halogens is 3. The Balaban J connectivity index is 1.70. The molecule has 0 unspecified atom stereocenters. The maximum absolute atomic E-state index is 13.6. The molecule has 26 heavy (non-hydrogen) atoms. The lowest BCUT2D eigenvalue weighted by atomic mass is 10.0. The van der Waals surface area contributed by atoms with Crippen molar-refractivity contribution in [2.75, 3.05) is 31.6 Å². The fraction of sp³-hybridized carbons (Fsp3) is 0.500. The molecule has 2 aliphatic rings. The SMILES string of the molecule is O=C(c1cnn2c1N[C@@H](c1cccs1)C[C@H]2C(F)(F)F)N1CCOCC1. The van der Waals surface area contributed by atoms with Gasteiger partial charge >= 0.3 is 6.18 Å². The first-order chi connectivity index (χ1) is 12.4. The molecular formula is C16H17F3N4O2S. The highest BCUT2D eigenvalue weighted by Gasteiger charge is 2.47. The van der Waals surface area contributed by atoms with Gasteiger partial charge in [0.05, 0.1) is 25.5 Å². The van der Waals surface area contributed by atoms with Crippen molar-refractivity contribution in [3.05, 3.63) is 34.2 Å². The molecule has 2 aromatic rings. The molecule has 0 aromatic carbocycles. The molecule has 4 rings (SSSR count). The molecule has 0 radical (unpaired) electrons. The molecule has 0 spiro atoms. The van der Waals surface area contributed by atoms with Gasteiger partial charge in [0.25, 0.3) is 5.91 Å². The molecule has 1 saturated heterocycles. The van der Waals surface area contributed by atoms with Gasteiger partial charge in [0, 0.05) is 24.4 Å². The molecule has 1 fully saturated rings. The minimum atomic E-state index is -4.45. The van der Waals surface area contributed by atoms with Crippen LogP contribution in [-0.4, -0.2) is 53.1 Å². The van der Waals surface area contributed by atoms with Gasteiger partial charge in [-0.05, 0) is 11.4 Å². The van der Waals surface area contributed by atoms with Crippen molar-refractivity contribution in [2.24, 2.45) is 0 Å². The maximum atomic E-state index is 13.6. The molecule has 140 valence electrons. The Bertz CT molecular complexity index is 784. The summed E-state index contributed by atoms with van der Waals surface area (Å²) in [6, 6.07) is 1.32. The van der Waals surface area contributed by atoms with Gasteiger partial charge < -0.3 is 15.0 Å². The first kappa shape index (κ1) is 17.3. The zero-order chi connectivity index (χ0) is 18.3. The van der Waals surface area contributed by atoms with Crippen LogP contribution >= 0.6 is 11.3 Å². The summed E-state index contributed by atoms with van der Waals surface area (Å²) in [5.41, 5.74) is 0.169. The van der Waals surface area contributed by atoms with Crippen LogP contribution in [-0.2, 0) is 4.74 Å².